The van der Waals surface area contributed by atoms with Crippen LogP contribution in [0, 0.1) is 5.92 Å². The van der Waals surface area contributed by atoms with E-state index >= 15 is 0 Å². The summed E-state index contributed by atoms with van der Waals surface area (Å²) in [6.07, 6.45) is -0.0695. The fraction of sp³-hybridized carbons (Fsp3) is 0.281. The maximum Gasteiger partial charge on any atom is 0.416 e. The second kappa shape index (κ2) is 10.8. The van der Waals surface area contributed by atoms with Gasteiger partial charge >= 0.3 is 6.18 Å². The number of fused-ring (bicyclic) bond motifs is 2. The summed E-state index contributed by atoms with van der Waals surface area (Å²) in [6.45, 7) is 0.267. The Morgan fingerprint density at radius 2 is 1.70 bits per heavy atom. The van der Waals surface area contributed by atoms with Crippen LogP contribution in [0.15, 0.2) is 78.9 Å². The summed E-state index contributed by atoms with van der Waals surface area (Å²) < 4.78 is 49.4. The van der Waals surface area contributed by atoms with E-state index in [2.05, 4.69) is 4.98 Å². The largest absolute Gasteiger partial charge is 0.487 e. The molecule has 0 N–H and O–H groups in total. The van der Waals surface area contributed by atoms with E-state index in [9.17, 15) is 18.0 Å². The molecule has 2 atom stereocenters. The molecule has 0 amide bonds. The van der Waals surface area contributed by atoms with Crippen molar-refractivity contribution >= 4 is 28.2 Å². The van der Waals surface area contributed by atoms with E-state index in [1.165, 1.54) is 12.1 Å². The van der Waals surface area contributed by atoms with Crippen LogP contribution in [0.4, 0.5) is 13.2 Å². The van der Waals surface area contributed by atoms with Gasteiger partial charge in [0.15, 0.2) is 0 Å². The number of rotatable bonds is 7. The van der Waals surface area contributed by atoms with Gasteiger partial charge in [-0.25, -0.2) is 9.97 Å². The first-order valence-electron chi connectivity index (χ1n) is 13.5. The van der Waals surface area contributed by atoms with Gasteiger partial charge in [-0.05, 0) is 48.7 Å². The molecule has 204 valence electrons. The molecule has 8 heteroatoms. The predicted octanol–water partition coefficient (Wildman–Crippen LogP) is 7.70. The van der Waals surface area contributed by atoms with Gasteiger partial charge in [0.2, 0.25) is 0 Å². The van der Waals surface area contributed by atoms with Crippen molar-refractivity contribution in [3.63, 3.8) is 0 Å². The summed E-state index contributed by atoms with van der Waals surface area (Å²) in [5.41, 5.74) is 2.50. The van der Waals surface area contributed by atoms with Gasteiger partial charge in [0.25, 0.3) is 0 Å². The molecule has 6 rings (SSSR count). The molecule has 1 saturated carbocycles. The number of ether oxygens (including phenoxy) is 1. The number of hydrogen-bond acceptors (Lipinski definition) is 4. The van der Waals surface area contributed by atoms with Crippen LogP contribution in [0.2, 0.25) is 0 Å². The average Bonchev–Trinajstić information content (AvgIpc) is 3.32. The minimum atomic E-state index is -4.47. The number of carbonyl (C=O) groups excluding carboxylic acids is 1. The van der Waals surface area contributed by atoms with Gasteiger partial charge in [-0.15, -0.1) is 0 Å². The van der Waals surface area contributed by atoms with Gasteiger partial charge in [0.1, 0.15) is 24.5 Å². The number of imidazole rings is 1. The molecule has 0 spiro atoms. The molecule has 0 bridgehead atoms. The third-order valence-corrected chi connectivity index (χ3v) is 7.77. The Morgan fingerprint density at radius 1 is 0.900 bits per heavy atom. The van der Waals surface area contributed by atoms with Crippen molar-refractivity contribution in [2.45, 2.75) is 50.9 Å². The quantitative estimate of drug-likeness (QED) is 0.197. The van der Waals surface area contributed by atoms with Gasteiger partial charge in [-0.3, -0.25) is 0 Å². The highest BCUT2D eigenvalue weighted by Gasteiger charge is 2.34. The summed E-state index contributed by atoms with van der Waals surface area (Å²) in [5.74, 6) is 0.877. The molecule has 0 saturated heterocycles. The van der Waals surface area contributed by atoms with E-state index in [1.54, 1.807) is 12.1 Å². The van der Waals surface area contributed by atoms with E-state index < -0.39 is 11.7 Å². The second-order valence-electron chi connectivity index (χ2n) is 10.3. The summed E-state index contributed by atoms with van der Waals surface area (Å²) in [6, 6.07) is 22.9. The third-order valence-electron chi connectivity index (χ3n) is 7.77. The minimum absolute atomic E-state index is 0.00477. The Kier molecular flexibility index (Phi) is 7.00. The highest BCUT2D eigenvalue weighted by molar-refractivity contribution is 5.79. The Morgan fingerprint density at radius 3 is 2.55 bits per heavy atom. The third kappa shape index (κ3) is 5.18. The topological polar surface area (TPSA) is 57.0 Å². The van der Waals surface area contributed by atoms with Crippen LogP contribution >= 0.6 is 0 Å². The molecule has 3 aromatic carbocycles. The molecule has 1 fully saturated rings. The van der Waals surface area contributed by atoms with Gasteiger partial charge < -0.3 is 14.1 Å². The molecule has 5 nitrogen and oxygen atoms in total. The van der Waals surface area contributed by atoms with Crippen LogP contribution in [0.3, 0.4) is 0 Å². The lowest BCUT2D eigenvalue weighted by Crippen LogP contribution is -2.23. The molecule has 2 unspecified atom stereocenters. The van der Waals surface area contributed by atoms with Crippen LogP contribution < -0.4 is 4.74 Å². The fourth-order valence-electron chi connectivity index (χ4n) is 5.76. The van der Waals surface area contributed by atoms with Crippen molar-refractivity contribution in [3.05, 3.63) is 102 Å². The standard InChI is InChI=1S/C32H28F3N3O2/c33-32(34,35)27-11-5-2-8-22(27)18-38-30-16-15-25(40-20-24-14-13-21-7-3-6-12-28(21)36-24)17-29(30)37-31(38)26-10-4-1-9-23(26)19-39/h2-3,5-8,11-17,19,23,26H,1,4,9-10,18,20H2. The second-order valence-corrected chi connectivity index (χ2v) is 10.3. The fourth-order valence-corrected chi connectivity index (χ4v) is 5.76. The Bertz CT molecular complexity index is 1680. The zero-order valence-electron chi connectivity index (χ0n) is 21.8. The lowest BCUT2D eigenvalue weighted by atomic mass is 9.79. The molecule has 2 aromatic heterocycles. The summed E-state index contributed by atoms with van der Waals surface area (Å²) in [5, 5.41) is 1.05. The van der Waals surface area contributed by atoms with Crippen molar-refractivity contribution in [1.82, 2.24) is 14.5 Å². The highest BCUT2D eigenvalue weighted by atomic mass is 19.4. The van der Waals surface area contributed by atoms with Crippen LogP contribution in [0.1, 0.15) is 54.2 Å². The van der Waals surface area contributed by atoms with Crippen molar-refractivity contribution < 1.29 is 22.7 Å². The smallest absolute Gasteiger partial charge is 0.416 e. The number of hydrogen-bond donors (Lipinski definition) is 0. The van der Waals surface area contributed by atoms with E-state index in [-0.39, 0.29) is 30.6 Å². The van der Waals surface area contributed by atoms with Crippen LogP contribution in [-0.2, 0) is 24.1 Å². The van der Waals surface area contributed by atoms with Gasteiger partial charge in [-0.2, -0.15) is 13.2 Å². The summed E-state index contributed by atoms with van der Waals surface area (Å²) >= 11 is 0. The molecule has 0 radical (unpaired) electrons. The molecule has 2 heterocycles. The van der Waals surface area contributed by atoms with E-state index in [4.69, 9.17) is 9.72 Å². The first-order chi connectivity index (χ1) is 19.4. The zero-order valence-corrected chi connectivity index (χ0v) is 21.8. The minimum Gasteiger partial charge on any atom is -0.487 e. The Balaban J connectivity index is 1.36. The number of carbonyl (C=O) groups is 1. The monoisotopic (exact) mass is 543 g/mol. The molecule has 1 aliphatic carbocycles. The summed E-state index contributed by atoms with van der Waals surface area (Å²) in [7, 11) is 0. The number of aldehydes is 1. The maximum absolute atomic E-state index is 13.8. The molecule has 1 aliphatic rings. The molecular weight excluding hydrogens is 515 g/mol. The van der Waals surface area contributed by atoms with Gasteiger partial charge in [0, 0.05) is 29.8 Å². The zero-order chi connectivity index (χ0) is 27.7. The first kappa shape index (κ1) is 26.0. The molecule has 40 heavy (non-hydrogen) atoms. The molecular formula is C32H28F3N3O2. The van der Waals surface area contributed by atoms with Crippen molar-refractivity contribution in [1.29, 1.82) is 0 Å². The lowest BCUT2D eigenvalue weighted by Gasteiger charge is -2.28. The molecule has 0 aliphatic heterocycles. The van der Waals surface area contributed by atoms with Crippen LogP contribution in [0.5, 0.6) is 5.75 Å². The number of halogens is 3. The number of para-hydroxylation sites is 1. The number of alkyl halides is 3. The van der Waals surface area contributed by atoms with Crippen LogP contribution in [0.25, 0.3) is 21.9 Å². The van der Waals surface area contributed by atoms with Crippen molar-refractivity contribution in [2.75, 3.05) is 0 Å². The van der Waals surface area contributed by atoms with E-state index in [1.807, 2.05) is 53.1 Å². The average molecular weight is 544 g/mol. The van der Waals surface area contributed by atoms with Crippen molar-refractivity contribution in [2.24, 2.45) is 5.92 Å². The Labute approximate surface area is 229 Å². The number of benzene rings is 3. The summed E-state index contributed by atoms with van der Waals surface area (Å²) in [4.78, 5) is 21.5. The SMILES string of the molecule is O=CC1CCCCC1c1nc2cc(OCc3ccc4ccccc4n3)ccc2n1Cc1ccccc1C(F)(F)F. The number of aromatic nitrogens is 3. The first-order valence-corrected chi connectivity index (χ1v) is 13.5. The van der Waals surface area contributed by atoms with Gasteiger partial charge in [-0.1, -0.05) is 55.3 Å². The highest BCUT2D eigenvalue weighted by Crippen LogP contribution is 2.39. The normalized spacial score (nSPS) is 17.8. The lowest BCUT2D eigenvalue weighted by molar-refractivity contribution is -0.138. The number of nitrogens with zero attached hydrogens (tertiary/aromatic N) is 3. The van der Waals surface area contributed by atoms with Crippen LogP contribution in [-0.4, -0.2) is 20.8 Å². The Hall–Kier alpha value is -4.20. The predicted molar refractivity (Wildman–Crippen MR) is 147 cm³/mol. The maximum atomic E-state index is 13.8. The van der Waals surface area contributed by atoms with Gasteiger partial charge in [0.05, 0.1) is 27.8 Å². The van der Waals surface area contributed by atoms with Crippen molar-refractivity contribution in [3.8, 4) is 5.75 Å². The van der Waals surface area contributed by atoms with E-state index in [0.717, 1.165) is 54.6 Å². The number of pyridine rings is 1. The molecule has 5 aromatic rings. The van der Waals surface area contributed by atoms with E-state index in [0.29, 0.717) is 22.6 Å².